The van der Waals surface area contributed by atoms with Crippen molar-refractivity contribution >= 4 is 0 Å². The highest BCUT2D eigenvalue weighted by Gasteiger charge is 2.17. The van der Waals surface area contributed by atoms with Crippen molar-refractivity contribution in [3.63, 3.8) is 0 Å². The molecule has 1 N–H and O–H groups in total. The molecule has 106 valence electrons. The van der Waals surface area contributed by atoms with Gasteiger partial charge < -0.3 is 14.6 Å². The van der Waals surface area contributed by atoms with E-state index in [0.29, 0.717) is 12.7 Å². The van der Waals surface area contributed by atoms with Gasteiger partial charge in [-0.2, -0.15) is 0 Å². The summed E-state index contributed by atoms with van der Waals surface area (Å²) in [6.07, 6.45) is 4.74. The van der Waals surface area contributed by atoms with Crippen LogP contribution in [0.1, 0.15) is 51.2 Å². The molecule has 1 unspecified atom stereocenters. The van der Waals surface area contributed by atoms with Crippen LogP contribution in [-0.2, 0) is 4.74 Å². The SMILES string of the molecule is CC(C)Oc1ccc(C(O)COC2CCCC2)cc1. The second-order valence-electron chi connectivity index (χ2n) is 5.49. The van der Waals surface area contributed by atoms with Crippen molar-refractivity contribution in [2.45, 2.75) is 57.8 Å². The summed E-state index contributed by atoms with van der Waals surface area (Å²) >= 11 is 0. The Balaban J connectivity index is 1.82. The Bertz CT molecular complexity index is 366. The van der Waals surface area contributed by atoms with E-state index in [0.717, 1.165) is 24.2 Å². The van der Waals surface area contributed by atoms with E-state index in [2.05, 4.69) is 0 Å². The van der Waals surface area contributed by atoms with Crippen LogP contribution in [0.5, 0.6) is 5.75 Å². The quantitative estimate of drug-likeness (QED) is 0.855. The lowest BCUT2D eigenvalue weighted by Crippen LogP contribution is -2.14. The summed E-state index contributed by atoms with van der Waals surface area (Å²) in [5.41, 5.74) is 0.883. The fraction of sp³-hybridized carbons (Fsp3) is 0.625. The molecule has 0 bridgehead atoms. The van der Waals surface area contributed by atoms with Crippen molar-refractivity contribution in [3.05, 3.63) is 29.8 Å². The zero-order valence-electron chi connectivity index (χ0n) is 11.8. The monoisotopic (exact) mass is 264 g/mol. The first-order chi connectivity index (χ1) is 9.15. The maximum atomic E-state index is 10.1. The minimum atomic E-state index is -0.548. The zero-order valence-corrected chi connectivity index (χ0v) is 11.8. The first kappa shape index (κ1) is 14.4. The molecule has 0 amide bonds. The Hall–Kier alpha value is -1.06. The summed E-state index contributed by atoms with van der Waals surface area (Å²) < 4.78 is 11.3. The van der Waals surface area contributed by atoms with E-state index >= 15 is 0 Å². The summed E-state index contributed by atoms with van der Waals surface area (Å²) in [4.78, 5) is 0. The van der Waals surface area contributed by atoms with E-state index in [1.807, 2.05) is 38.1 Å². The molecular weight excluding hydrogens is 240 g/mol. The maximum absolute atomic E-state index is 10.1. The molecule has 3 heteroatoms. The molecule has 2 rings (SSSR count). The highest BCUT2D eigenvalue weighted by atomic mass is 16.5. The number of hydrogen-bond acceptors (Lipinski definition) is 3. The number of rotatable bonds is 6. The second-order valence-corrected chi connectivity index (χ2v) is 5.49. The van der Waals surface area contributed by atoms with E-state index in [4.69, 9.17) is 9.47 Å². The molecule has 1 aliphatic carbocycles. The van der Waals surface area contributed by atoms with Crippen molar-refractivity contribution in [3.8, 4) is 5.75 Å². The fourth-order valence-electron chi connectivity index (χ4n) is 2.42. The Morgan fingerprint density at radius 3 is 2.37 bits per heavy atom. The first-order valence-electron chi connectivity index (χ1n) is 7.21. The van der Waals surface area contributed by atoms with Crippen LogP contribution in [0, 0.1) is 0 Å². The van der Waals surface area contributed by atoms with E-state index in [1.165, 1.54) is 12.8 Å². The van der Waals surface area contributed by atoms with Gasteiger partial charge in [-0.1, -0.05) is 25.0 Å². The van der Waals surface area contributed by atoms with Crippen molar-refractivity contribution in [1.29, 1.82) is 0 Å². The normalized spacial score (nSPS) is 17.9. The Kier molecular flexibility index (Phi) is 5.23. The van der Waals surface area contributed by atoms with Crippen LogP contribution in [0.25, 0.3) is 0 Å². The van der Waals surface area contributed by atoms with Crippen molar-refractivity contribution in [2.75, 3.05) is 6.61 Å². The molecular formula is C16H24O3. The lowest BCUT2D eigenvalue weighted by molar-refractivity contribution is -0.00700. The zero-order chi connectivity index (χ0) is 13.7. The summed E-state index contributed by atoms with van der Waals surface area (Å²) in [5, 5.41) is 10.1. The summed E-state index contributed by atoms with van der Waals surface area (Å²) in [5.74, 6) is 0.836. The van der Waals surface area contributed by atoms with E-state index in [9.17, 15) is 5.11 Å². The molecule has 1 aromatic carbocycles. The van der Waals surface area contributed by atoms with Gasteiger partial charge in [-0.25, -0.2) is 0 Å². The van der Waals surface area contributed by atoms with Crippen LogP contribution in [0.3, 0.4) is 0 Å². The first-order valence-corrected chi connectivity index (χ1v) is 7.21. The van der Waals surface area contributed by atoms with E-state index in [1.54, 1.807) is 0 Å². The smallest absolute Gasteiger partial charge is 0.119 e. The highest BCUT2D eigenvalue weighted by Crippen LogP contribution is 2.24. The number of aliphatic hydroxyl groups excluding tert-OH is 1. The third kappa shape index (κ3) is 4.51. The van der Waals surface area contributed by atoms with Gasteiger partial charge in [-0.05, 0) is 44.4 Å². The van der Waals surface area contributed by atoms with Gasteiger partial charge in [0.25, 0.3) is 0 Å². The Morgan fingerprint density at radius 2 is 1.79 bits per heavy atom. The molecule has 0 heterocycles. The average molecular weight is 264 g/mol. The average Bonchev–Trinajstić information content (AvgIpc) is 2.89. The van der Waals surface area contributed by atoms with Gasteiger partial charge in [0.15, 0.2) is 0 Å². The van der Waals surface area contributed by atoms with Crippen LogP contribution >= 0.6 is 0 Å². The summed E-state index contributed by atoms with van der Waals surface area (Å²) in [6.45, 7) is 4.38. The highest BCUT2D eigenvalue weighted by molar-refractivity contribution is 5.28. The third-order valence-electron chi connectivity index (χ3n) is 3.43. The predicted molar refractivity (Wildman–Crippen MR) is 75.4 cm³/mol. The van der Waals surface area contributed by atoms with Gasteiger partial charge in [0.2, 0.25) is 0 Å². The molecule has 1 aromatic rings. The van der Waals surface area contributed by atoms with Gasteiger partial charge in [0.05, 0.1) is 18.8 Å². The molecule has 0 spiro atoms. The molecule has 1 atom stereocenters. The van der Waals surface area contributed by atoms with E-state index in [-0.39, 0.29) is 6.10 Å². The summed E-state index contributed by atoms with van der Waals surface area (Å²) in [7, 11) is 0. The van der Waals surface area contributed by atoms with Crippen molar-refractivity contribution in [1.82, 2.24) is 0 Å². The van der Waals surface area contributed by atoms with Gasteiger partial charge in [0, 0.05) is 0 Å². The molecule has 0 aliphatic heterocycles. The van der Waals surface area contributed by atoms with Crippen LogP contribution < -0.4 is 4.74 Å². The predicted octanol–water partition coefficient (Wildman–Crippen LogP) is 3.47. The lowest BCUT2D eigenvalue weighted by Gasteiger charge is -2.16. The molecule has 19 heavy (non-hydrogen) atoms. The topological polar surface area (TPSA) is 38.7 Å². The largest absolute Gasteiger partial charge is 0.491 e. The molecule has 0 saturated heterocycles. The molecule has 1 fully saturated rings. The van der Waals surface area contributed by atoms with Gasteiger partial charge in [-0.3, -0.25) is 0 Å². The minimum absolute atomic E-state index is 0.168. The Morgan fingerprint density at radius 1 is 1.16 bits per heavy atom. The molecule has 1 aliphatic rings. The lowest BCUT2D eigenvalue weighted by atomic mass is 10.1. The van der Waals surface area contributed by atoms with Crippen molar-refractivity contribution < 1.29 is 14.6 Å². The van der Waals surface area contributed by atoms with Crippen LogP contribution in [0.15, 0.2) is 24.3 Å². The maximum Gasteiger partial charge on any atom is 0.119 e. The van der Waals surface area contributed by atoms with Crippen molar-refractivity contribution in [2.24, 2.45) is 0 Å². The second kappa shape index (κ2) is 6.92. The van der Waals surface area contributed by atoms with Crippen LogP contribution in [0.4, 0.5) is 0 Å². The van der Waals surface area contributed by atoms with Crippen LogP contribution in [-0.4, -0.2) is 23.9 Å². The van der Waals surface area contributed by atoms with Crippen LogP contribution in [0.2, 0.25) is 0 Å². The molecule has 1 saturated carbocycles. The number of benzene rings is 1. The van der Waals surface area contributed by atoms with Gasteiger partial charge >= 0.3 is 0 Å². The number of ether oxygens (including phenoxy) is 2. The Labute approximate surface area is 115 Å². The third-order valence-corrected chi connectivity index (χ3v) is 3.43. The molecule has 0 radical (unpaired) electrons. The van der Waals surface area contributed by atoms with Gasteiger partial charge in [-0.15, -0.1) is 0 Å². The number of aliphatic hydroxyl groups is 1. The molecule has 3 nitrogen and oxygen atoms in total. The standard InChI is InChI=1S/C16H24O3/c1-12(2)19-15-9-7-13(8-10-15)16(17)11-18-14-5-3-4-6-14/h7-10,12,14,16-17H,3-6,11H2,1-2H3. The minimum Gasteiger partial charge on any atom is -0.491 e. The number of hydrogen-bond donors (Lipinski definition) is 1. The molecule has 0 aromatic heterocycles. The van der Waals surface area contributed by atoms with E-state index < -0.39 is 6.10 Å². The fourth-order valence-corrected chi connectivity index (χ4v) is 2.42. The summed E-state index contributed by atoms with van der Waals surface area (Å²) in [6, 6.07) is 7.60. The van der Waals surface area contributed by atoms with Gasteiger partial charge in [0.1, 0.15) is 11.9 Å².